The summed E-state index contributed by atoms with van der Waals surface area (Å²) in [5.74, 6) is 0.703. The van der Waals surface area contributed by atoms with Crippen molar-refractivity contribution in [1.29, 1.82) is 0 Å². The van der Waals surface area contributed by atoms with E-state index < -0.39 is 17.9 Å². The maximum atomic E-state index is 15.2. The van der Waals surface area contributed by atoms with Gasteiger partial charge in [0.2, 0.25) is 0 Å². The molecule has 0 saturated carbocycles. The number of carbonyl (C=O) groups is 2. The molecule has 4 amide bonds. The summed E-state index contributed by atoms with van der Waals surface area (Å²) in [7, 11) is 1.56. The van der Waals surface area contributed by atoms with Gasteiger partial charge in [0, 0.05) is 61.3 Å². The number of nitrogens with one attached hydrogen (secondary N) is 1. The fraction of sp³-hybridized carbons (Fsp3) is 0.303. The standard InChI is InChI=1S/C33H34FN5O6/c1-42-30-21-25-27(22-31(30)44-17-5-12-37-15-18-43-19-16-37)35-11-10-28(25)45-29-9-8-23(20-26(29)34)36-32(40)39-14-13-38(33(39)41)24-6-3-2-4-7-24/h2-4,6-11,20-22H,5,12-19H2,1H3,(H,36,40). The second-order valence-electron chi connectivity index (χ2n) is 10.6. The Kier molecular flexibility index (Phi) is 9.22. The van der Waals surface area contributed by atoms with E-state index in [4.69, 9.17) is 18.9 Å². The minimum atomic E-state index is -0.691. The van der Waals surface area contributed by atoms with Crippen molar-refractivity contribution >= 4 is 34.3 Å². The van der Waals surface area contributed by atoms with Gasteiger partial charge in [0.15, 0.2) is 23.1 Å². The van der Waals surface area contributed by atoms with Crippen molar-refractivity contribution in [2.45, 2.75) is 6.42 Å². The maximum absolute atomic E-state index is 15.2. The number of hydrogen-bond acceptors (Lipinski definition) is 8. The third kappa shape index (κ3) is 6.92. The van der Waals surface area contributed by atoms with E-state index in [0.717, 1.165) is 50.2 Å². The molecular formula is C33H34FN5O6. The highest BCUT2D eigenvalue weighted by Crippen LogP contribution is 2.38. The molecule has 11 nitrogen and oxygen atoms in total. The van der Waals surface area contributed by atoms with Crippen LogP contribution in [0.25, 0.3) is 10.9 Å². The highest BCUT2D eigenvalue weighted by atomic mass is 19.1. The van der Waals surface area contributed by atoms with Crippen LogP contribution in [0.4, 0.5) is 25.4 Å². The van der Waals surface area contributed by atoms with Gasteiger partial charge in [0.05, 0.1) is 39.0 Å². The fourth-order valence-electron chi connectivity index (χ4n) is 5.33. The normalized spacial score (nSPS) is 15.4. The Bertz CT molecular complexity index is 1670. The summed E-state index contributed by atoms with van der Waals surface area (Å²) < 4.78 is 38.2. The van der Waals surface area contributed by atoms with E-state index in [1.54, 1.807) is 43.6 Å². The number of morpholine rings is 1. The molecule has 0 spiro atoms. The van der Waals surface area contributed by atoms with Gasteiger partial charge in [-0.2, -0.15) is 0 Å². The zero-order valence-electron chi connectivity index (χ0n) is 24.9. The Morgan fingerprint density at radius 3 is 2.56 bits per heavy atom. The number of hydrogen-bond donors (Lipinski definition) is 1. The molecule has 1 aromatic heterocycles. The molecule has 0 unspecified atom stereocenters. The number of carbonyl (C=O) groups excluding carboxylic acids is 2. The molecule has 12 heteroatoms. The summed E-state index contributed by atoms with van der Waals surface area (Å²) in [6, 6.07) is 17.3. The Labute approximate surface area is 260 Å². The smallest absolute Gasteiger partial charge is 0.332 e. The topological polar surface area (TPSA) is 106 Å². The molecule has 234 valence electrons. The van der Waals surface area contributed by atoms with Gasteiger partial charge in [-0.15, -0.1) is 0 Å². The fourth-order valence-corrected chi connectivity index (χ4v) is 5.33. The number of halogens is 1. The summed E-state index contributed by atoms with van der Waals surface area (Å²) in [5.41, 5.74) is 1.49. The molecule has 1 N–H and O–H groups in total. The minimum Gasteiger partial charge on any atom is -0.493 e. The summed E-state index contributed by atoms with van der Waals surface area (Å²) in [5, 5.41) is 3.22. The summed E-state index contributed by atoms with van der Waals surface area (Å²) in [6.07, 6.45) is 2.43. The molecule has 0 radical (unpaired) electrons. The van der Waals surface area contributed by atoms with Gasteiger partial charge in [-0.3, -0.25) is 14.8 Å². The summed E-state index contributed by atoms with van der Waals surface area (Å²) >= 11 is 0. The number of fused-ring (bicyclic) bond motifs is 1. The van der Waals surface area contributed by atoms with E-state index in [1.165, 1.54) is 17.0 Å². The zero-order valence-corrected chi connectivity index (χ0v) is 24.9. The second-order valence-corrected chi connectivity index (χ2v) is 10.6. The predicted molar refractivity (Wildman–Crippen MR) is 167 cm³/mol. The van der Waals surface area contributed by atoms with E-state index in [9.17, 15) is 9.59 Å². The van der Waals surface area contributed by atoms with Crippen LogP contribution in [0.15, 0.2) is 72.9 Å². The lowest BCUT2D eigenvalue weighted by Gasteiger charge is -2.26. The van der Waals surface area contributed by atoms with Crippen LogP contribution in [0.2, 0.25) is 0 Å². The molecule has 0 aliphatic carbocycles. The first-order chi connectivity index (χ1) is 22.0. The van der Waals surface area contributed by atoms with E-state index >= 15 is 4.39 Å². The number of benzene rings is 3. The maximum Gasteiger partial charge on any atom is 0.332 e. The molecule has 2 fully saturated rings. The highest BCUT2D eigenvalue weighted by Gasteiger charge is 2.34. The molecule has 2 aliphatic rings. The van der Waals surface area contributed by atoms with Crippen LogP contribution in [0.1, 0.15) is 6.42 Å². The van der Waals surface area contributed by atoms with Gasteiger partial charge in [-0.05, 0) is 42.8 Å². The first-order valence-corrected chi connectivity index (χ1v) is 14.8. The van der Waals surface area contributed by atoms with Crippen molar-refractivity contribution in [3.8, 4) is 23.0 Å². The molecule has 4 aromatic rings. The molecule has 6 rings (SSSR count). The molecular weight excluding hydrogens is 581 g/mol. The van der Waals surface area contributed by atoms with E-state index in [-0.39, 0.29) is 18.0 Å². The quantitative estimate of drug-likeness (QED) is 0.225. The van der Waals surface area contributed by atoms with Crippen molar-refractivity contribution in [2.24, 2.45) is 0 Å². The van der Waals surface area contributed by atoms with Gasteiger partial charge in [-0.25, -0.2) is 18.9 Å². The van der Waals surface area contributed by atoms with Gasteiger partial charge < -0.3 is 24.3 Å². The van der Waals surface area contributed by atoms with Crippen LogP contribution >= 0.6 is 0 Å². The third-order valence-corrected chi connectivity index (χ3v) is 7.69. The molecule has 0 bridgehead atoms. The second kappa shape index (κ2) is 13.8. The SMILES string of the molecule is COc1cc2c(Oc3ccc(NC(=O)N4CCN(c5ccccc5)C4=O)cc3F)ccnc2cc1OCCCN1CCOCC1. The molecule has 2 saturated heterocycles. The average molecular weight is 616 g/mol. The van der Waals surface area contributed by atoms with Crippen LogP contribution in [0.3, 0.4) is 0 Å². The lowest BCUT2D eigenvalue weighted by molar-refractivity contribution is 0.0357. The lowest BCUT2D eigenvalue weighted by atomic mass is 10.1. The Hall–Kier alpha value is -4.94. The number of anilines is 2. The lowest BCUT2D eigenvalue weighted by Crippen LogP contribution is -2.39. The van der Waals surface area contributed by atoms with Crippen LogP contribution in [0.5, 0.6) is 23.0 Å². The Balaban J connectivity index is 1.10. The number of nitrogens with zero attached hydrogens (tertiary/aromatic N) is 4. The van der Waals surface area contributed by atoms with Crippen LogP contribution in [-0.4, -0.2) is 86.5 Å². The number of rotatable bonds is 10. The molecule has 3 aromatic carbocycles. The number of para-hydroxylation sites is 1. The van der Waals surface area contributed by atoms with E-state index in [1.807, 2.05) is 18.2 Å². The van der Waals surface area contributed by atoms with Gasteiger partial charge in [0.1, 0.15) is 5.75 Å². The first kappa shape index (κ1) is 30.1. The van der Waals surface area contributed by atoms with Gasteiger partial charge in [-0.1, -0.05) is 18.2 Å². The van der Waals surface area contributed by atoms with Crippen molar-refractivity contribution in [3.63, 3.8) is 0 Å². The number of ether oxygens (including phenoxy) is 4. The minimum absolute atomic E-state index is 0.0459. The first-order valence-electron chi connectivity index (χ1n) is 14.8. The Morgan fingerprint density at radius 1 is 0.956 bits per heavy atom. The zero-order chi connectivity index (χ0) is 31.2. The molecule has 3 heterocycles. The predicted octanol–water partition coefficient (Wildman–Crippen LogP) is 5.75. The number of aromatic nitrogens is 1. The van der Waals surface area contributed by atoms with E-state index in [0.29, 0.717) is 47.0 Å². The van der Waals surface area contributed by atoms with Crippen molar-refractivity contribution < 1.29 is 32.9 Å². The summed E-state index contributed by atoms with van der Waals surface area (Å²) in [6.45, 7) is 5.39. The number of imide groups is 1. The van der Waals surface area contributed by atoms with Crippen molar-refractivity contribution in [2.75, 3.05) is 69.9 Å². The molecule has 45 heavy (non-hydrogen) atoms. The number of amides is 4. The van der Waals surface area contributed by atoms with Crippen LogP contribution < -0.4 is 24.4 Å². The van der Waals surface area contributed by atoms with Crippen LogP contribution in [0, 0.1) is 5.82 Å². The average Bonchev–Trinajstić information content (AvgIpc) is 3.46. The molecule has 0 atom stereocenters. The van der Waals surface area contributed by atoms with Crippen molar-refractivity contribution in [3.05, 3.63) is 78.7 Å². The monoisotopic (exact) mass is 615 g/mol. The number of pyridine rings is 1. The number of methoxy groups -OCH3 is 1. The van der Waals surface area contributed by atoms with Gasteiger partial charge >= 0.3 is 12.1 Å². The van der Waals surface area contributed by atoms with E-state index in [2.05, 4.69) is 15.2 Å². The third-order valence-electron chi connectivity index (χ3n) is 7.69. The number of urea groups is 2. The van der Waals surface area contributed by atoms with Crippen molar-refractivity contribution in [1.82, 2.24) is 14.8 Å². The summed E-state index contributed by atoms with van der Waals surface area (Å²) in [4.78, 5) is 35.1. The molecule has 2 aliphatic heterocycles. The van der Waals surface area contributed by atoms with Gasteiger partial charge in [0.25, 0.3) is 0 Å². The largest absolute Gasteiger partial charge is 0.493 e. The van der Waals surface area contributed by atoms with Crippen LogP contribution in [-0.2, 0) is 4.74 Å². The highest BCUT2D eigenvalue weighted by molar-refractivity contribution is 6.08. The Morgan fingerprint density at radius 2 is 1.78 bits per heavy atom.